The molecule has 0 aliphatic carbocycles. The van der Waals surface area contributed by atoms with Crippen molar-refractivity contribution >= 4 is 45.7 Å². The fourth-order valence-corrected chi connectivity index (χ4v) is 4.73. The standard InChI is InChI=1S/C19H38N4O3S.HI/c1-4-20-19(21-12-8-6-5-7-9-16(2)3)22-13-10-18(24)23-17-11-14-27(25,26)15-17;/h16-17H,4-15H2,1-3H3,(H,23,24)(H2,20,21,22);1H. The number of rotatable bonds is 12. The smallest absolute Gasteiger partial charge is 0.222 e. The predicted octanol–water partition coefficient (Wildman–Crippen LogP) is 2.46. The maximum Gasteiger partial charge on any atom is 0.222 e. The highest BCUT2D eigenvalue weighted by molar-refractivity contribution is 14.0. The average molecular weight is 531 g/mol. The van der Waals surface area contributed by atoms with Gasteiger partial charge in [0, 0.05) is 32.1 Å². The largest absolute Gasteiger partial charge is 0.357 e. The third-order valence-electron chi connectivity index (χ3n) is 4.55. The molecule has 0 spiro atoms. The highest BCUT2D eigenvalue weighted by Crippen LogP contribution is 2.11. The lowest BCUT2D eigenvalue weighted by Crippen LogP contribution is -2.41. The predicted molar refractivity (Wildman–Crippen MR) is 127 cm³/mol. The minimum Gasteiger partial charge on any atom is -0.357 e. The first kappa shape index (κ1) is 27.4. The van der Waals surface area contributed by atoms with Gasteiger partial charge in [-0.25, -0.2) is 8.42 Å². The van der Waals surface area contributed by atoms with Gasteiger partial charge in [-0.15, -0.1) is 24.0 Å². The number of guanidine groups is 1. The summed E-state index contributed by atoms with van der Waals surface area (Å²) in [5.74, 6) is 1.63. The summed E-state index contributed by atoms with van der Waals surface area (Å²) < 4.78 is 22.8. The maximum absolute atomic E-state index is 12.0. The summed E-state index contributed by atoms with van der Waals surface area (Å²) in [4.78, 5) is 16.5. The molecule has 0 aromatic rings. The van der Waals surface area contributed by atoms with Gasteiger partial charge in [0.15, 0.2) is 15.8 Å². The minimum absolute atomic E-state index is 0. The number of sulfone groups is 1. The fourth-order valence-electron chi connectivity index (χ4n) is 3.05. The van der Waals surface area contributed by atoms with Crippen molar-refractivity contribution in [3.63, 3.8) is 0 Å². The van der Waals surface area contributed by atoms with Crippen LogP contribution in [0, 0.1) is 5.92 Å². The molecule has 1 aliphatic rings. The molecule has 1 unspecified atom stereocenters. The summed E-state index contributed by atoms with van der Waals surface area (Å²) in [7, 11) is -2.97. The quantitative estimate of drug-likeness (QED) is 0.156. The number of nitrogens with zero attached hydrogens (tertiary/aromatic N) is 1. The zero-order chi connectivity index (χ0) is 20.1. The summed E-state index contributed by atoms with van der Waals surface area (Å²) in [5, 5.41) is 9.16. The van der Waals surface area contributed by atoms with Crippen molar-refractivity contribution in [3.05, 3.63) is 0 Å². The lowest BCUT2D eigenvalue weighted by Gasteiger charge is -2.13. The highest BCUT2D eigenvalue weighted by atomic mass is 127. The molecule has 0 aromatic heterocycles. The van der Waals surface area contributed by atoms with Crippen LogP contribution in [0.2, 0.25) is 0 Å². The van der Waals surface area contributed by atoms with Gasteiger partial charge in [0.25, 0.3) is 0 Å². The van der Waals surface area contributed by atoms with Gasteiger partial charge in [-0.2, -0.15) is 0 Å². The summed E-state index contributed by atoms with van der Waals surface area (Å²) in [6, 6.07) is -0.236. The first-order valence-corrected chi connectivity index (χ1v) is 12.2. The third-order valence-corrected chi connectivity index (χ3v) is 6.31. The molecule has 0 bridgehead atoms. The van der Waals surface area contributed by atoms with Gasteiger partial charge in [-0.3, -0.25) is 9.79 Å². The Morgan fingerprint density at radius 2 is 1.86 bits per heavy atom. The number of carbonyl (C=O) groups excluding carboxylic acids is 1. The number of hydrogen-bond acceptors (Lipinski definition) is 4. The van der Waals surface area contributed by atoms with Crippen molar-refractivity contribution in [2.75, 3.05) is 31.1 Å². The number of unbranched alkanes of at least 4 members (excludes halogenated alkanes) is 3. The molecule has 9 heteroatoms. The first-order chi connectivity index (χ1) is 12.8. The van der Waals surface area contributed by atoms with E-state index in [9.17, 15) is 13.2 Å². The maximum atomic E-state index is 12.0. The number of carbonyl (C=O) groups is 1. The van der Waals surface area contributed by atoms with Gasteiger partial charge in [-0.1, -0.05) is 39.5 Å². The van der Waals surface area contributed by atoms with Gasteiger partial charge < -0.3 is 16.0 Å². The van der Waals surface area contributed by atoms with E-state index in [1.165, 1.54) is 25.7 Å². The SMILES string of the molecule is CCNC(=NCCCCCCC(C)C)NCCC(=O)NC1CCS(=O)(=O)C1.I. The van der Waals surface area contributed by atoms with Crippen LogP contribution in [0.25, 0.3) is 0 Å². The molecule has 1 saturated heterocycles. The van der Waals surface area contributed by atoms with Gasteiger partial charge >= 0.3 is 0 Å². The van der Waals surface area contributed by atoms with Crippen LogP contribution in [-0.2, 0) is 14.6 Å². The molecule has 0 saturated carbocycles. The first-order valence-electron chi connectivity index (χ1n) is 10.3. The molecule has 1 rings (SSSR count). The summed E-state index contributed by atoms with van der Waals surface area (Å²) in [6.07, 6.45) is 6.93. The average Bonchev–Trinajstić information content (AvgIpc) is 2.92. The molecule has 1 heterocycles. The van der Waals surface area contributed by atoms with E-state index in [1.807, 2.05) is 6.92 Å². The van der Waals surface area contributed by atoms with Crippen LogP contribution in [0.3, 0.4) is 0 Å². The Balaban J connectivity index is 0.00000729. The molecule has 166 valence electrons. The molecule has 1 aliphatic heterocycles. The lowest BCUT2D eigenvalue weighted by molar-refractivity contribution is -0.121. The van der Waals surface area contributed by atoms with Crippen LogP contribution in [0.4, 0.5) is 0 Å². The molecule has 3 N–H and O–H groups in total. The van der Waals surface area contributed by atoms with Crippen LogP contribution in [-0.4, -0.2) is 57.5 Å². The van der Waals surface area contributed by atoms with E-state index in [4.69, 9.17) is 0 Å². The van der Waals surface area contributed by atoms with Crippen LogP contribution in [0.15, 0.2) is 4.99 Å². The number of nitrogens with one attached hydrogen (secondary N) is 3. The van der Waals surface area contributed by atoms with E-state index in [1.54, 1.807) is 0 Å². The van der Waals surface area contributed by atoms with Gasteiger partial charge in [0.2, 0.25) is 5.91 Å². The van der Waals surface area contributed by atoms with Crippen LogP contribution >= 0.6 is 24.0 Å². The van der Waals surface area contributed by atoms with E-state index in [-0.39, 0.29) is 47.4 Å². The fraction of sp³-hybridized carbons (Fsp3) is 0.895. The van der Waals surface area contributed by atoms with Crippen molar-refractivity contribution in [1.29, 1.82) is 0 Å². The second-order valence-electron chi connectivity index (χ2n) is 7.70. The van der Waals surface area contributed by atoms with Crippen molar-refractivity contribution < 1.29 is 13.2 Å². The van der Waals surface area contributed by atoms with E-state index < -0.39 is 9.84 Å². The van der Waals surface area contributed by atoms with E-state index in [0.717, 1.165) is 31.4 Å². The molecular weight excluding hydrogens is 491 g/mol. The van der Waals surface area contributed by atoms with Crippen molar-refractivity contribution in [1.82, 2.24) is 16.0 Å². The number of aliphatic imine (C=N–C) groups is 1. The number of hydrogen-bond donors (Lipinski definition) is 3. The van der Waals surface area contributed by atoms with E-state index in [0.29, 0.717) is 19.4 Å². The minimum atomic E-state index is -2.97. The highest BCUT2D eigenvalue weighted by Gasteiger charge is 2.28. The number of halogens is 1. The third kappa shape index (κ3) is 13.6. The van der Waals surface area contributed by atoms with Gasteiger partial charge in [0.1, 0.15) is 0 Å². The Bertz CT molecular complexity index is 568. The van der Waals surface area contributed by atoms with E-state index in [2.05, 4.69) is 34.8 Å². The van der Waals surface area contributed by atoms with Crippen LogP contribution in [0.5, 0.6) is 0 Å². The van der Waals surface area contributed by atoms with Crippen molar-refractivity contribution in [2.24, 2.45) is 10.9 Å². The Hall–Kier alpha value is -0.580. The molecule has 0 radical (unpaired) electrons. The molecule has 1 atom stereocenters. The Morgan fingerprint density at radius 1 is 1.14 bits per heavy atom. The van der Waals surface area contributed by atoms with Gasteiger partial charge in [-0.05, 0) is 25.7 Å². The molecule has 0 aromatic carbocycles. The topological polar surface area (TPSA) is 99.7 Å². The molecule has 1 amide bonds. The van der Waals surface area contributed by atoms with Crippen molar-refractivity contribution in [3.8, 4) is 0 Å². The van der Waals surface area contributed by atoms with E-state index >= 15 is 0 Å². The van der Waals surface area contributed by atoms with Crippen molar-refractivity contribution in [2.45, 2.75) is 71.8 Å². The zero-order valence-corrected chi connectivity index (χ0v) is 20.8. The molecule has 1 fully saturated rings. The molecule has 7 nitrogen and oxygen atoms in total. The number of amides is 1. The molecular formula is C19H39IN4O3S. The summed E-state index contributed by atoms with van der Waals surface area (Å²) >= 11 is 0. The Labute approximate surface area is 188 Å². The van der Waals surface area contributed by atoms with Crippen LogP contribution < -0.4 is 16.0 Å². The summed E-state index contributed by atoms with van der Waals surface area (Å²) in [5.41, 5.74) is 0. The Morgan fingerprint density at radius 3 is 2.46 bits per heavy atom. The second kappa shape index (κ2) is 15.3. The summed E-state index contributed by atoms with van der Waals surface area (Å²) in [6.45, 7) is 8.56. The normalized spacial score (nSPS) is 18.6. The van der Waals surface area contributed by atoms with Gasteiger partial charge in [0.05, 0.1) is 11.5 Å². The van der Waals surface area contributed by atoms with Crippen LogP contribution in [0.1, 0.15) is 65.7 Å². The monoisotopic (exact) mass is 530 g/mol. The zero-order valence-electron chi connectivity index (χ0n) is 17.6. The second-order valence-corrected chi connectivity index (χ2v) is 9.93. The lowest BCUT2D eigenvalue weighted by atomic mass is 10.0. The molecule has 28 heavy (non-hydrogen) atoms. The Kier molecular flexibility index (Phi) is 15.0.